The fourth-order valence-corrected chi connectivity index (χ4v) is 4.09. The van der Waals surface area contributed by atoms with E-state index < -0.39 is 0 Å². The van der Waals surface area contributed by atoms with Crippen LogP contribution in [0.2, 0.25) is 0 Å². The SMILES string of the molecule is Cc1ccc(C(C)CCN2CCc3nnc(CNC(=O)Cc4cccc(F)c4)n3CC2)o1. The number of carbonyl (C=O) groups excluding carboxylic acids is 1. The lowest BCUT2D eigenvalue weighted by Crippen LogP contribution is -2.30. The van der Waals surface area contributed by atoms with Crippen molar-refractivity contribution in [1.29, 1.82) is 0 Å². The van der Waals surface area contributed by atoms with Crippen LogP contribution in [0, 0.1) is 12.7 Å². The molecule has 1 unspecified atom stereocenters. The van der Waals surface area contributed by atoms with E-state index in [1.165, 1.54) is 12.1 Å². The average molecular weight is 440 g/mol. The third kappa shape index (κ3) is 5.62. The van der Waals surface area contributed by atoms with Gasteiger partial charge in [0, 0.05) is 32.0 Å². The summed E-state index contributed by atoms with van der Waals surface area (Å²) in [5.74, 6) is 3.60. The van der Waals surface area contributed by atoms with Crippen molar-refractivity contribution in [1.82, 2.24) is 25.0 Å². The molecule has 32 heavy (non-hydrogen) atoms. The number of carbonyl (C=O) groups is 1. The van der Waals surface area contributed by atoms with E-state index in [0.29, 0.717) is 18.0 Å². The third-order valence-corrected chi connectivity index (χ3v) is 6.02. The van der Waals surface area contributed by atoms with Crippen molar-refractivity contribution in [2.75, 3.05) is 19.6 Å². The number of hydrogen-bond acceptors (Lipinski definition) is 5. The minimum absolute atomic E-state index is 0.139. The molecule has 2 aromatic heterocycles. The van der Waals surface area contributed by atoms with Gasteiger partial charge in [-0.1, -0.05) is 19.1 Å². The molecule has 1 aromatic carbocycles. The molecule has 0 saturated carbocycles. The number of nitrogens with one attached hydrogen (secondary N) is 1. The topological polar surface area (TPSA) is 76.2 Å². The summed E-state index contributed by atoms with van der Waals surface area (Å²) >= 11 is 0. The van der Waals surface area contributed by atoms with E-state index in [1.54, 1.807) is 12.1 Å². The van der Waals surface area contributed by atoms with Crippen molar-refractivity contribution in [2.24, 2.45) is 0 Å². The minimum Gasteiger partial charge on any atom is -0.466 e. The maximum Gasteiger partial charge on any atom is 0.224 e. The molecule has 3 heterocycles. The second-order valence-corrected chi connectivity index (χ2v) is 8.50. The molecule has 0 radical (unpaired) electrons. The van der Waals surface area contributed by atoms with Gasteiger partial charge in [-0.3, -0.25) is 4.79 Å². The molecule has 4 rings (SSSR count). The van der Waals surface area contributed by atoms with E-state index in [-0.39, 0.29) is 18.1 Å². The number of aryl methyl sites for hydroxylation is 1. The van der Waals surface area contributed by atoms with E-state index >= 15 is 0 Å². The molecule has 1 atom stereocenters. The minimum atomic E-state index is -0.337. The molecule has 1 amide bonds. The van der Waals surface area contributed by atoms with E-state index in [9.17, 15) is 9.18 Å². The van der Waals surface area contributed by atoms with E-state index in [2.05, 4.69) is 38.0 Å². The second kappa shape index (κ2) is 10.1. The molecule has 0 saturated heterocycles. The number of fused-ring (bicyclic) bond motifs is 1. The summed E-state index contributed by atoms with van der Waals surface area (Å²) in [6.07, 6.45) is 2.01. The third-order valence-electron chi connectivity index (χ3n) is 6.02. The molecule has 0 spiro atoms. The molecular formula is C24H30FN5O2. The quantitative estimate of drug-likeness (QED) is 0.583. The van der Waals surface area contributed by atoms with Gasteiger partial charge < -0.3 is 19.2 Å². The summed E-state index contributed by atoms with van der Waals surface area (Å²) in [5.41, 5.74) is 0.650. The number of benzene rings is 1. The fraction of sp³-hybridized carbons (Fsp3) is 0.458. The monoisotopic (exact) mass is 439 g/mol. The highest BCUT2D eigenvalue weighted by Crippen LogP contribution is 2.22. The first-order valence-electron chi connectivity index (χ1n) is 11.2. The van der Waals surface area contributed by atoms with Crippen LogP contribution in [0.1, 0.15) is 48.0 Å². The van der Waals surface area contributed by atoms with E-state index in [0.717, 1.165) is 62.2 Å². The first kappa shape index (κ1) is 22.2. The van der Waals surface area contributed by atoms with Crippen LogP contribution in [-0.2, 0) is 30.7 Å². The Kier molecular flexibility index (Phi) is 6.99. The van der Waals surface area contributed by atoms with Crippen molar-refractivity contribution >= 4 is 5.91 Å². The number of halogens is 1. The van der Waals surface area contributed by atoms with Gasteiger partial charge in [0.1, 0.15) is 23.2 Å². The predicted molar refractivity (Wildman–Crippen MR) is 119 cm³/mol. The lowest BCUT2D eigenvalue weighted by molar-refractivity contribution is -0.120. The first-order valence-corrected chi connectivity index (χ1v) is 11.2. The summed E-state index contributed by atoms with van der Waals surface area (Å²) in [6, 6.07) is 10.2. The molecule has 0 fully saturated rings. The summed E-state index contributed by atoms with van der Waals surface area (Å²) in [7, 11) is 0. The van der Waals surface area contributed by atoms with Crippen molar-refractivity contribution < 1.29 is 13.6 Å². The summed E-state index contributed by atoms with van der Waals surface area (Å²) in [4.78, 5) is 14.7. The highest BCUT2D eigenvalue weighted by atomic mass is 19.1. The Morgan fingerprint density at radius 1 is 1.22 bits per heavy atom. The second-order valence-electron chi connectivity index (χ2n) is 8.50. The number of rotatable bonds is 8. The smallest absolute Gasteiger partial charge is 0.224 e. The summed E-state index contributed by atoms with van der Waals surface area (Å²) in [5, 5.41) is 11.5. The zero-order valence-corrected chi connectivity index (χ0v) is 18.7. The number of furan rings is 1. The highest BCUT2D eigenvalue weighted by molar-refractivity contribution is 5.78. The number of amides is 1. The van der Waals surface area contributed by atoms with Crippen LogP contribution in [0.25, 0.3) is 0 Å². The zero-order chi connectivity index (χ0) is 22.5. The predicted octanol–water partition coefficient (Wildman–Crippen LogP) is 3.23. The normalized spacial score (nSPS) is 15.2. The Bertz CT molecular complexity index is 1060. The number of aromatic nitrogens is 3. The summed E-state index contributed by atoms with van der Waals surface area (Å²) in [6.45, 7) is 8.14. The number of nitrogens with zero attached hydrogens (tertiary/aromatic N) is 4. The van der Waals surface area contributed by atoms with Crippen LogP contribution >= 0.6 is 0 Å². The van der Waals surface area contributed by atoms with Crippen LogP contribution in [0.15, 0.2) is 40.8 Å². The molecule has 1 N–H and O–H groups in total. The molecule has 0 aliphatic carbocycles. The van der Waals surface area contributed by atoms with Crippen LogP contribution < -0.4 is 5.32 Å². The Hall–Kier alpha value is -3.00. The summed E-state index contributed by atoms with van der Waals surface area (Å²) < 4.78 is 21.2. The molecule has 1 aliphatic heterocycles. The van der Waals surface area contributed by atoms with Crippen molar-refractivity contribution in [2.45, 2.75) is 52.1 Å². The van der Waals surface area contributed by atoms with Crippen molar-refractivity contribution in [3.8, 4) is 0 Å². The lowest BCUT2D eigenvalue weighted by Gasteiger charge is -2.21. The van der Waals surface area contributed by atoms with E-state index in [1.807, 2.05) is 13.0 Å². The molecular weight excluding hydrogens is 409 g/mol. The standard InChI is InChI=1S/C24H30FN5O2/c1-17(21-7-6-18(2)32-21)8-10-29-11-9-22-27-28-23(30(22)13-12-29)16-26-24(31)15-19-4-3-5-20(25)14-19/h3-7,14,17H,8-13,15-16H2,1-2H3,(H,26,31). The maximum atomic E-state index is 13.3. The molecule has 7 nitrogen and oxygen atoms in total. The molecule has 3 aromatic rings. The van der Waals surface area contributed by atoms with Gasteiger partial charge >= 0.3 is 0 Å². The van der Waals surface area contributed by atoms with E-state index in [4.69, 9.17) is 4.42 Å². The number of hydrogen-bond donors (Lipinski definition) is 1. The molecule has 8 heteroatoms. The first-order chi connectivity index (χ1) is 15.5. The fourth-order valence-electron chi connectivity index (χ4n) is 4.09. The Balaban J connectivity index is 1.27. The van der Waals surface area contributed by atoms with Gasteiger partial charge in [0.15, 0.2) is 5.82 Å². The van der Waals surface area contributed by atoms with Gasteiger partial charge in [-0.25, -0.2) is 4.39 Å². The van der Waals surface area contributed by atoms with Gasteiger partial charge in [-0.05, 0) is 49.7 Å². The van der Waals surface area contributed by atoms with Gasteiger partial charge in [0.25, 0.3) is 0 Å². The van der Waals surface area contributed by atoms with Gasteiger partial charge in [-0.15, -0.1) is 10.2 Å². The van der Waals surface area contributed by atoms with Gasteiger partial charge in [0.2, 0.25) is 5.91 Å². The van der Waals surface area contributed by atoms with Gasteiger partial charge in [0.05, 0.1) is 13.0 Å². The Morgan fingerprint density at radius 3 is 2.88 bits per heavy atom. The molecule has 170 valence electrons. The van der Waals surface area contributed by atoms with Crippen LogP contribution in [0.5, 0.6) is 0 Å². The van der Waals surface area contributed by atoms with Crippen LogP contribution in [0.3, 0.4) is 0 Å². The zero-order valence-electron chi connectivity index (χ0n) is 18.7. The van der Waals surface area contributed by atoms with Crippen molar-refractivity contribution in [3.05, 3.63) is 70.9 Å². The lowest BCUT2D eigenvalue weighted by atomic mass is 10.0. The van der Waals surface area contributed by atoms with Gasteiger partial charge in [-0.2, -0.15) is 0 Å². The molecule has 0 bridgehead atoms. The van der Waals surface area contributed by atoms with Crippen LogP contribution in [-0.4, -0.2) is 45.2 Å². The van der Waals surface area contributed by atoms with Crippen LogP contribution in [0.4, 0.5) is 4.39 Å². The maximum absolute atomic E-state index is 13.3. The van der Waals surface area contributed by atoms with Crippen molar-refractivity contribution in [3.63, 3.8) is 0 Å². The molecule has 1 aliphatic rings. The highest BCUT2D eigenvalue weighted by Gasteiger charge is 2.20. The average Bonchev–Trinajstić information content (AvgIpc) is 3.31. The largest absolute Gasteiger partial charge is 0.466 e. The Morgan fingerprint density at radius 2 is 2.09 bits per heavy atom. The Labute approximate surface area is 187 Å².